The van der Waals surface area contributed by atoms with Gasteiger partial charge >= 0.3 is 5.97 Å². The molecule has 0 saturated carbocycles. The molecule has 1 saturated heterocycles. The molecule has 2 heterocycles. The summed E-state index contributed by atoms with van der Waals surface area (Å²) in [6.45, 7) is 3.67. The fourth-order valence-corrected chi connectivity index (χ4v) is 4.32. The molecule has 35 heavy (non-hydrogen) atoms. The number of hydrogen-bond donors (Lipinski definition) is 1. The first-order valence-electron chi connectivity index (χ1n) is 10.2. The number of furan rings is 1. The number of esters is 1. The quantitative estimate of drug-likeness (QED) is 0.198. The maximum atomic E-state index is 12.4. The molecule has 0 spiro atoms. The van der Waals surface area contributed by atoms with Gasteiger partial charge in [0, 0.05) is 12.1 Å². The maximum absolute atomic E-state index is 12.4. The summed E-state index contributed by atoms with van der Waals surface area (Å²) in [5.41, 5.74) is 2.56. The third-order valence-electron chi connectivity index (χ3n) is 5.21. The number of amides is 1. The van der Waals surface area contributed by atoms with Crippen LogP contribution in [0.15, 0.2) is 56.8 Å². The molecule has 1 aliphatic rings. The van der Waals surface area contributed by atoms with Gasteiger partial charge in [0.2, 0.25) is 0 Å². The molecule has 0 aliphatic carbocycles. The van der Waals surface area contributed by atoms with E-state index in [1.807, 2.05) is 6.92 Å². The molecule has 1 aromatic heterocycles. The monoisotopic (exact) mass is 511 g/mol. The molecule has 2 aromatic carbocycles. The van der Waals surface area contributed by atoms with E-state index in [0.29, 0.717) is 32.8 Å². The number of nitro groups is 1. The standard InChI is InChI=1S/C24H18ClN3O6S/c1-12-8-17(19(28(31)32)9-13(12)2)20-7-5-15(34-20)11-21-22(29)27-24(35-21)26-14-4-6-18(25)16(10-14)23(30)33-3/h4-11H,1-3H3,(H,26,27,29)/b21-11-. The normalized spacial score (nSPS) is 15.5. The van der Waals surface area contributed by atoms with E-state index in [1.165, 1.54) is 31.4 Å². The molecule has 1 N–H and O–H groups in total. The number of aliphatic imine (C=N–C) groups is 1. The zero-order valence-electron chi connectivity index (χ0n) is 18.7. The van der Waals surface area contributed by atoms with E-state index >= 15 is 0 Å². The molecule has 178 valence electrons. The summed E-state index contributed by atoms with van der Waals surface area (Å²) in [5, 5.41) is 14.7. The Bertz CT molecular complexity index is 1440. The van der Waals surface area contributed by atoms with Crippen molar-refractivity contribution in [1.29, 1.82) is 0 Å². The summed E-state index contributed by atoms with van der Waals surface area (Å²) in [4.78, 5) is 40.0. The lowest BCUT2D eigenvalue weighted by molar-refractivity contribution is -0.384. The van der Waals surface area contributed by atoms with E-state index < -0.39 is 10.9 Å². The number of nitrogens with zero attached hydrogens (tertiary/aromatic N) is 2. The van der Waals surface area contributed by atoms with Crippen molar-refractivity contribution >= 4 is 57.9 Å². The van der Waals surface area contributed by atoms with Crippen LogP contribution in [-0.4, -0.2) is 29.1 Å². The Morgan fingerprint density at radius 2 is 1.94 bits per heavy atom. The van der Waals surface area contributed by atoms with Crippen molar-refractivity contribution in [3.05, 3.63) is 85.0 Å². The molecule has 1 fully saturated rings. The van der Waals surface area contributed by atoms with Crippen LogP contribution >= 0.6 is 23.4 Å². The lowest BCUT2D eigenvalue weighted by Crippen LogP contribution is -2.19. The molecular formula is C24H18ClN3O6S. The van der Waals surface area contributed by atoms with Crippen molar-refractivity contribution in [3.63, 3.8) is 0 Å². The van der Waals surface area contributed by atoms with Gasteiger partial charge in [-0.1, -0.05) is 11.6 Å². The van der Waals surface area contributed by atoms with Crippen LogP contribution in [0.25, 0.3) is 17.4 Å². The van der Waals surface area contributed by atoms with Gasteiger partial charge in [0.25, 0.3) is 11.6 Å². The van der Waals surface area contributed by atoms with E-state index in [9.17, 15) is 19.7 Å². The van der Waals surface area contributed by atoms with Crippen molar-refractivity contribution in [2.24, 2.45) is 4.99 Å². The molecule has 3 aromatic rings. The number of carbonyl (C=O) groups is 2. The molecule has 0 bridgehead atoms. The van der Waals surface area contributed by atoms with Crippen LogP contribution < -0.4 is 5.32 Å². The topological polar surface area (TPSA) is 124 Å². The highest BCUT2D eigenvalue weighted by Gasteiger charge is 2.25. The number of thioether (sulfide) groups is 1. The Balaban J connectivity index is 1.60. The van der Waals surface area contributed by atoms with Crippen LogP contribution in [0.5, 0.6) is 0 Å². The molecule has 1 aliphatic heterocycles. The highest BCUT2D eigenvalue weighted by molar-refractivity contribution is 8.18. The summed E-state index contributed by atoms with van der Waals surface area (Å²) in [5.74, 6) is -0.310. The van der Waals surface area contributed by atoms with Crippen molar-refractivity contribution in [2.75, 3.05) is 7.11 Å². The lowest BCUT2D eigenvalue weighted by Gasteiger charge is -2.04. The first-order chi connectivity index (χ1) is 16.7. The molecule has 4 rings (SSSR count). The average Bonchev–Trinajstić information content (AvgIpc) is 3.42. The number of nitro benzene ring substituents is 1. The Kier molecular flexibility index (Phi) is 6.77. The van der Waals surface area contributed by atoms with Gasteiger partial charge in [0.05, 0.1) is 38.8 Å². The summed E-state index contributed by atoms with van der Waals surface area (Å²) >= 11 is 7.11. The second kappa shape index (κ2) is 9.77. The number of hydrogen-bond acceptors (Lipinski definition) is 8. The zero-order chi connectivity index (χ0) is 25.3. The minimum absolute atomic E-state index is 0.0571. The third kappa shape index (κ3) is 5.13. The van der Waals surface area contributed by atoms with E-state index in [-0.39, 0.29) is 22.2 Å². The van der Waals surface area contributed by atoms with E-state index in [2.05, 4.69) is 10.3 Å². The van der Waals surface area contributed by atoms with Crippen molar-refractivity contribution in [1.82, 2.24) is 5.32 Å². The zero-order valence-corrected chi connectivity index (χ0v) is 20.3. The number of benzene rings is 2. The van der Waals surface area contributed by atoms with Gasteiger partial charge < -0.3 is 14.5 Å². The second-order valence-corrected chi connectivity index (χ2v) is 8.99. The Labute approximate surface area is 209 Å². The lowest BCUT2D eigenvalue weighted by atomic mass is 10.0. The van der Waals surface area contributed by atoms with Crippen LogP contribution in [0.1, 0.15) is 27.2 Å². The highest BCUT2D eigenvalue weighted by Crippen LogP contribution is 2.35. The second-order valence-electron chi connectivity index (χ2n) is 7.55. The van der Waals surface area contributed by atoms with Crippen LogP contribution in [0.3, 0.4) is 0 Å². The van der Waals surface area contributed by atoms with E-state index in [1.54, 1.807) is 31.2 Å². The molecule has 0 radical (unpaired) electrons. The van der Waals surface area contributed by atoms with Crippen LogP contribution in [0, 0.1) is 24.0 Å². The van der Waals surface area contributed by atoms with Gasteiger partial charge in [-0.05, 0) is 73.1 Å². The largest absolute Gasteiger partial charge is 0.465 e. The molecule has 0 atom stereocenters. The highest BCUT2D eigenvalue weighted by atomic mass is 35.5. The summed E-state index contributed by atoms with van der Waals surface area (Å²) in [7, 11) is 1.25. The van der Waals surface area contributed by atoms with Gasteiger partial charge in [-0.25, -0.2) is 9.79 Å². The number of nitrogens with one attached hydrogen (secondary N) is 1. The minimum atomic E-state index is -0.599. The van der Waals surface area contributed by atoms with Gasteiger partial charge in [-0.3, -0.25) is 14.9 Å². The smallest absolute Gasteiger partial charge is 0.339 e. The van der Waals surface area contributed by atoms with Crippen molar-refractivity contribution in [2.45, 2.75) is 13.8 Å². The van der Waals surface area contributed by atoms with Crippen molar-refractivity contribution in [3.8, 4) is 11.3 Å². The van der Waals surface area contributed by atoms with Gasteiger partial charge in [0.15, 0.2) is 5.17 Å². The number of carbonyl (C=O) groups excluding carboxylic acids is 2. The fourth-order valence-electron chi connectivity index (χ4n) is 3.30. The number of amidine groups is 1. The Morgan fingerprint density at radius 3 is 2.66 bits per heavy atom. The molecule has 9 nitrogen and oxygen atoms in total. The molecular weight excluding hydrogens is 494 g/mol. The summed E-state index contributed by atoms with van der Waals surface area (Å²) in [6.07, 6.45) is 1.53. The number of halogens is 1. The fraction of sp³-hybridized carbons (Fsp3) is 0.125. The minimum Gasteiger partial charge on any atom is -0.465 e. The Hall–Kier alpha value is -3.89. The van der Waals surface area contributed by atoms with E-state index in [4.69, 9.17) is 20.8 Å². The molecule has 0 unspecified atom stereocenters. The number of methoxy groups -OCH3 is 1. The summed E-state index contributed by atoms with van der Waals surface area (Å²) in [6, 6.07) is 11.1. The van der Waals surface area contributed by atoms with Crippen LogP contribution in [0.4, 0.5) is 11.4 Å². The molecule has 1 amide bonds. The van der Waals surface area contributed by atoms with Gasteiger partial charge in [-0.2, -0.15) is 0 Å². The first-order valence-corrected chi connectivity index (χ1v) is 11.4. The van der Waals surface area contributed by atoms with Crippen LogP contribution in [0.2, 0.25) is 5.02 Å². The number of rotatable bonds is 5. The Morgan fingerprint density at radius 1 is 1.20 bits per heavy atom. The van der Waals surface area contributed by atoms with E-state index in [0.717, 1.165) is 22.9 Å². The number of aryl methyl sites for hydroxylation is 2. The SMILES string of the molecule is COC(=O)c1cc(N=C2NC(=O)/C(=C/c3ccc(-c4cc(C)c(C)cc4[N+](=O)[O-])o3)S2)ccc1Cl. The van der Waals surface area contributed by atoms with Gasteiger partial charge in [-0.15, -0.1) is 0 Å². The summed E-state index contributed by atoms with van der Waals surface area (Å²) < 4.78 is 10.5. The van der Waals surface area contributed by atoms with Crippen molar-refractivity contribution < 1.29 is 23.7 Å². The van der Waals surface area contributed by atoms with Crippen LogP contribution in [-0.2, 0) is 9.53 Å². The first kappa shape index (κ1) is 24.2. The predicted octanol–water partition coefficient (Wildman–Crippen LogP) is 5.80. The third-order valence-corrected chi connectivity index (χ3v) is 6.45. The molecule has 11 heteroatoms. The van der Waals surface area contributed by atoms with Gasteiger partial charge in [0.1, 0.15) is 11.5 Å². The number of ether oxygens (including phenoxy) is 1. The average molecular weight is 512 g/mol. The maximum Gasteiger partial charge on any atom is 0.339 e. The predicted molar refractivity (Wildman–Crippen MR) is 134 cm³/mol.